The molecule has 0 saturated carbocycles. The van der Waals surface area contributed by atoms with Gasteiger partial charge in [0.15, 0.2) is 18.5 Å². The predicted molar refractivity (Wildman–Crippen MR) is 34.7 cm³/mol. The molecule has 0 aliphatic carbocycles. The van der Waals surface area contributed by atoms with E-state index in [0.29, 0.717) is 6.29 Å². The van der Waals surface area contributed by atoms with Crippen molar-refractivity contribution in [3.05, 3.63) is 0 Å². The van der Waals surface area contributed by atoms with Gasteiger partial charge in [-0.15, -0.1) is 0 Å². The van der Waals surface area contributed by atoms with Gasteiger partial charge in [-0.3, -0.25) is 4.79 Å². The molecule has 0 aromatic carbocycles. The number of hydrogen-bond donors (Lipinski definition) is 1. The maximum absolute atomic E-state index is 10.3. The van der Waals surface area contributed by atoms with Crippen LogP contribution in [-0.2, 0) is 19.1 Å². The van der Waals surface area contributed by atoms with Gasteiger partial charge < -0.3 is 20.0 Å². The van der Waals surface area contributed by atoms with Crippen molar-refractivity contribution in [2.24, 2.45) is 5.73 Å². The topological polar surface area (TPSA) is 78.6 Å². The molecule has 11 heavy (non-hydrogen) atoms. The maximum Gasteiger partial charge on any atom is 0.293 e. The molecule has 5 nitrogen and oxygen atoms in total. The first-order valence-corrected chi connectivity index (χ1v) is 3.21. The molecule has 1 saturated heterocycles. The van der Waals surface area contributed by atoms with Gasteiger partial charge in [0.2, 0.25) is 0 Å². The van der Waals surface area contributed by atoms with Gasteiger partial charge in [-0.2, -0.15) is 0 Å². The molecule has 0 unspecified atom stereocenters. The highest BCUT2D eigenvalue weighted by Gasteiger charge is 2.36. The average molecular weight is 159 g/mol. The molecule has 1 fully saturated rings. The lowest BCUT2D eigenvalue weighted by Gasteiger charge is -2.13. The van der Waals surface area contributed by atoms with Crippen molar-refractivity contribution in [1.82, 2.24) is 0 Å². The molecule has 62 valence electrons. The maximum atomic E-state index is 10.3. The molecule has 0 amide bonds. The Morgan fingerprint density at radius 3 is 2.82 bits per heavy atom. The summed E-state index contributed by atoms with van der Waals surface area (Å²) in [6.07, 6.45) is -0.735. The number of nitrogens with two attached hydrogens (primary N) is 1. The van der Waals surface area contributed by atoms with Crippen molar-refractivity contribution in [2.45, 2.75) is 18.2 Å². The molecule has 2 N–H and O–H groups in total. The quantitative estimate of drug-likeness (QED) is 0.504. The van der Waals surface area contributed by atoms with E-state index in [0.717, 1.165) is 0 Å². The zero-order valence-corrected chi connectivity index (χ0v) is 5.80. The Balaban J connectivity index is 2.54. The van der Waals surface area contributed by atoms with E-state index < -0.39 is 18.2 Å². The van der Waals surface area contributed by atoms with E-state index in [9.17, 15) is 9.59 Å². The second-order valence-electron chi connectivity index (χ2n) is 2.29. The molecule has 1 rings (SSSR count). The Hall–Kier alpha value is -0.940. The first-order valence-electron chi connectivity index (χ1n) is 3.21. The van der Waals surface area contributed by atoms with Crippen LogP contribution in [0, 0.1) is 0 Å². The molecule has 1 heterocycles. The Morgan fingerprint density at radius 1 is 1.55 bits per heavy atom. The van der Waals surface area contributed by atoms with Crippen LogP contribution in [0.4, 0.5) is 0 Å². The Bertz CT molecular complexity index is 161. The van der Waals surface area contributed by atoms with E-state index in [-0.39, 0.29) is 13.1 Å². The van der Waals surface area contributed by atoms with E-state index >= 15 is 0 Å². The molecule has 0 aromatic heterocycles. The van der Waals surface area contributed by atoms with Crippen molar-refractivity contribution >= 4 is 12.8 Å². The van der Waals surface area contributed by atoms with Gasteiger partial charge >= 0.3 is 0 Å². The van der Waals surface area contributed by atoms with Gasteiger partial charge in [0.1, 0.15) is 0 Å². The molecule has 0 radical (unpaired) electrons. The van der Waals surface area contributed by atoms with Crippen LogP contribution in [0.2, 0.25) is 0 Å². The zero-order valence-electron chi connectivity index (χ0n) is 5.80. The smallest absolute Gasteiger partial charge is 0.293 e. The zero-order chi connectivity index (χ0) is 8.27. The van der Waals surface area contributed by atoms with Crippen LogP contribution >= 0.6 is 0 Å². The van der Waals surface area contributed by atoms with Crippen molar-refractivity contribution in [3.8, 4) is 0 Å². The van der Waals surface area contributed by atoms with E-state index in [1.54, 1.807) is 0 Å². The minimum atomic E-state index is -0.699. The minimum absolute atomic E-state index is 0.252. The summed E-state index contributed by atoms with van der Waals surface area (Å²) in [4.78, 5) is 20.2. The van der Waals surface area contributed by atoms with Crippen LogP contribution in [0.1, 0.15) is 0 Å². The van der Waals surface area contributed by atoms with Gasteiger partial charge in [0.05, 0.1) is 12.6 Å². The fraction of sp³-hybridized carbons (Fsp3) is 0.667. The van der Waals surface area contributed by atoms with Crippen LogP contribution in [-0.4, -0.2) is 37.6 Å². The van der Waals surface area contributed by atoms with Crippen LogP contribution < -0.4 is 5.73 Å². The molecule has 1 aliphatic rings. The molecule has 1 aliphatic heterocycles. The highest BCUT2D eigenvalue weighted by atomic mass is 16.6. The Morgan fingerprint density at radius 2 is 2.27 bits per heavy atom. The van der Waals surface area contributed by atoms with Gasteiger partial charge in [0, 0.05) is 0 Å². The summed E-state index contributed by atoms with van der Waals surface area (Å²) in [5.41, 5.74) is 5.46. The average Bonchev–Trinajstić information content (AvgIpc) is 2.34. The van der Waals surface area contributed by atoms with Crippen molar-refractivity contribution < 1.29 is 19.1 Å². The van der Waals surface area contributed by atoms with Crippen LogP contribution in [0.3, 0.4) is 0 Å². The van der Waals surface area contributed by atoms with Crippen LogP contribution in [0.15, 0.2) is 0 Å². The summed E-state index contributed by atoms with van der Waals surface area (Å²) in [7, 11) is 0. The highest BCUT2D eigenvalue weighted by Crippen LogP contribution is 2.13. The van der Waals surface area contributed by atoms with Crippen molar-refractivity contribution in [2.75, 3.05) is 6.61 Å². The van der Waals surface area contributed by atoms with Gasteiger partial charge in [-0.1, -0.05) is 0 Å². The van der Waals surface area contributed by atoms with Gasteiger partial charge in [0.25, 0.3) is 6.47 Å². The molecule has 0 spiro atoms. The third-order valence-corrected chi connectivity index (χ3v) is 1.57. The molecule has 5 heteroatoms. The molecular formula is C6H9NO4. The number of carbonyl (C=O) groups is 2. The highest BCUT2D eigenvalue weighted by molar-refractivity contribution is 5.58. The molecular weight excluding hydrogens is 150 g/mol. The van der Waals surface area contributed by atoms with Crippen LogP contribution in [0.5, 0.6) is 0 Å². The largest absolute Gasteiger partial charge is 0.460 e. The Labute approximate surface area is 63.4 Å². The molecule has 3 atom stereocenters. The van der Waals surface area contributed by atoms with Gasteiger partial charge in [-0.05, 0) is 0 Å². The lowest BCUT2D eigenvalue weighted by Crippen LogP contribution is -2.39. The SMILES string of the molecule is N[C@H]1CO[C@H](C=O)[C@@H]1OC=O. The lowest BCUT2D eigenvalue weighted by molar-refractivity contribution is -0.138. The van der Waals surface area contributed by atoms with Crippen LogP contribution in [0.25, 0.3) is 0 Å². The number of carbonyl (C=O) groups excluding carboxylic acids is 2. The normalized spacial score (nSPS) is 36.6. The summed E-state index contributed by atoms with van der Waals surface area (Å²) >= 11 is 0. The van der Waals surface area contributed by atoms with E-state index in [1.165, 1.54) is 0 Å². The first-order chi connectivity index (χ1) is 5.29. The summed E-state index contributed by atoms with van der Waals surface area (Å²) in [6, 6.07) is -0.393. The summed E-state index contributed by atoms with van der Waals surface area (Å²) in [5, 5.41) is 0. The van der Waals surface area contributed by atoms with E-state index in [4.69, 9.17) is 10.5 Å². The van der Waals surface area contributed by atoms with Crippen molar-refractivity contribution in [1.29, 1.82) is 0 Å². The fourth-order valence-electron chi connectivity index (χ4n) is 1.01. The summed E-state index contributed by atoms with van der Waals surface area (Å²) < 4.78 is 9.46. The monoisotopic (exact) mass is 159 g/mol. The number of hydrogen-bond acceptors (Lipinski definition) is 5. The minimum Gasteiger partial charge on any atom is -0.460 e. The second-order valence-corrected chi connectivity index (χ2v) is 2.29. The number of ether oxygens (including phenoxy) is 2. The predicted octanol–water partition coefficient (Wildman–Crippen LogP) is -1.55. The van der Waals surface area contributed by atoms with E-state index in [2.05, 4.69) is 4.74 Å². The fourth-order valence-corrected chi connectivity index (χ4v) is 1.01. The summed E-state index contributed by atoms with van der Waals surface area (Å²) in [6.45, 7) is 0.525. The summed E-state index contributed by atoms with van der Waals surface area (Å²) in [5.74, 6) is 0. The molecule has 0 bridgehead atoms. The third kappa shape index (κ3) is 1.55. The second kappa shape index (κ2) is 3.45. The third-order valence-electron chi connectivity index (χ3n) is 1.57. The molecule has 0 aromatic rings. The number of rotatable bonds is 3. The van der Waals surface area contributed by atoms with Gasteiger partial charge in [-0.25, -0.2) is 0 Å². The number of aldehydes is 1. The Kier molecular flexibility index (Phi) is 2.56. The standard InChI is InChI=1S/C6H9NO4/c7-4-2-10-5(1-8)6(4)11-3-9/h1,3-6H,2,7H2/t4-,5+,6+/m0/s1. The van der Waals surface area contributed by atoms with Crippen molar-refractivity contribution in [3.63, 3.8) is 0 Å². The van der Waals surface area contributed by atoms with E-state index in [1.807, 2.05) is 0 Å². The first kappa shape index (κ1) is 8.16. The lowest BCUT2D eigenvalue weighted by atomic mass is 10.1.